The zero-order valence-corrected chi connectivity index (χ0v) is 11.2. The molecular formula is C16H24O. The number of rotatable bonds is 1. The van der Waals surface area contributed by atoms with Crippen LogP contribution in [-0.4, -0.2) is 5.11 Å². The first-order valence-electron chi connectivity index (χ1n) is 6.70. The maximum Gasteiger partial charge on any atom is 0.0899 e. The lowest BCUT2D eigenvalue weighted by atomic mass is 9.66. The van der Waals surface area contributed by atoms with Crippen LogP contribution in [0.4, 0.5) is 0 Å². The minimum absolute atomic E-state index is 0.295. The molecule has 1 nitrogen and oxygen atoms in total. The van der Waals surface area contributed by atoms with E-state index in [-0.39, 0.29) is 0 Å². The third kappa shape index (κ3) is 2.71. The molecule has 0 bridgehead atoms. The fourth-order valence-electron chi connectivity index (χ4n) is 3.00. The molecule has 0 spiro atoms. The summed E-state index contributed by atoms with van der Waals surface area (Å²) in [5.74, 6) is 0.612. The second-order valence-corrected chi connectivity index (χ2v) is 6.56. The summed E-state index contributed by atoms with van der Waals surface area (Å²) in [5, 5.41) is 10.9. The third-order valence-corrected chi connectivity index (χ3v) is 4.26. The smallest absolute Gasteiger partial charge is 0.0899 e. The van der Waals surface area contributed by atoms with Gasteiger partial charge in [-0.3, -0.25) is 0 Å². The Morgan fingerprint density at radius 2 is 1.82 bits per heavy atom. The Balaban J connectivity index is 2.21. The van der Waals surface area contributed by atoms with Gasteiger partial charge < -0.3 is 5.11 Å². The average Bonchev–Trinajstić information content (AvgIpc) is 2.29. The van der Waals surface area contributed by atoms with Gasteiger partial charge >= 0.3 is 0 Å². The van der Waals surface area contributed by atoms with E-state index in [2.05, 4.69) is 32.9 Å². The average molecular weight is 232 g/mol. The van der Waals surface area contributed by atoms with Crippen LogP contribution in [0.2, 0.25) is 0 Å². The Bertz CT molecular complexity index is 363. The van der Waals surface area contributed by atoms with E-state index in [4.69, 9.17) is 0 Å². The number of hydrogen-bond acceptors (Lipinski definition) is 1. The first-order chi connectivity index (χ1) is 7.92. The van der Waals surface area contributed by atoms with Gasteiger partial charge in [0.2, 0.25) is 0 Å². The van der Waals surface area contributed by atoms with Crippen LogP contribution in [0.15, 0.2) is 30.3 Å². The minimum Gasteiger partial charge on any atom is -0.385 e. The molecule has 0 saturated heterocycles. The monoisotopic (exact) mass is 232 g/mol. The second-order valence-electron chi connectivity index (χ2n) is 6.56. The largest absolute Gasteiger partial charge is 0.385 e. The van der Waals surface area contributed by atoms with Crippen molar-refractivity contribution in [3.05, 3.63) is 35.9 Å². The lowest BCUT2D eigenvalue weighted by Gasteiger charge is -2.42. The van der Waals surface area contributed by atoms with Crippen LogP contribution in [0.25, 0.3) is 0 Å². The topological polar surface area (TPSA) is 20.2 Å². The molecule has 1 aliphatic carbocycles. The highest BCUT2D eigenvalue weighted by atomic mass is 16.3. The maximum atomic E-state index is 10.9. The van der Waals surface area contributed by atoms with Gasteiger partial charge in [-0.2, -0.15) is 0 Å². The van der Waals surface area contributed by atoms with E-state index in [1.165, 1.54) is 6.42 Å². The highest BCUT2D eigenvalue weighted by Crippen LogP contribution is 2.46. The molecule has 94 valence electrons. The Labute approximate surface area is 105 Å². The van der Waals surface area contributed by atoms with Gasteiger partial charge in [0.25, 0.3) is 0 Å². The van der Waals surface area contributed by atoms with Crippen molar-refractivity contribution in [1.29, 1.82) is 0 Å². The summed E-state index contributed by atoms with van der Waals surface area (Å²) in [6.07, 6.45) is 4.19. The molecule has 2 rings (SSSR count). The Kier molecular flexibility index (Phi) is 3.31. The van der Waals surface area contributed by atoms with Crippen molar-refractivity contribution < 1.29 is 5.11 Å². The predicted octanol–water partition coefficient (Wildman–Crippen LogP) is 4.11. The van der Waals surface area contributed by atoms with E-state index >= 15 is 0 Å². The lowest BCUT2D eigenvalue weighted by molar-refractivity contribution is -0.0429. The molecule has 0 radical (unpaired) electrons. The first-order valence-corrected chi connectivity index (χ1v) is 6.70. The molecule has 0 heterocycles. The van der Waals surface area contributed by atoms with Crippen LogP contribution >= 0.6 is 0 Å². The molecule has 1 aromatic rings. The van der Waals surface area contributed by atoms with Crippen molar-refractivity contribution in [2.75, 3.05) is 0 Å². The number of aliphatic hydroxyl groups is 1. The summed E-state index contributed by atoms with van der Waals surface area (Å²) in [6, 6.07) is 10.2. The minimum atomic E-state index is -0.600. The fourth-order valence-corrected chi connectivity index (χ4v) is 3.00. The van der Waals surface area contributed by atoms with Crippen LogP contribution in [-0.2, 0) is 5.60 Å². The van der Waals surface area contributed by atoms with Crippen LogP contribution in [0.1, 0.15) is 52.0 Å². The van der Waals surface area contributed by atoms with Gasteiger partial charge in [0.1, 0.15) is 0 Å². The van der Waals surface area contributed by atoms with Crippen LogP contribution in [0.5, 0.6) is 0 Å². The van der Waals surface area contributed by atoms with Gasteiger partial charge in [-0.05, 0) is 42.6 Å². The Morgan fingerprint density at radius 3 is 2.41 bits per heavy atom. The molecule has 1 heteroatoms. The van der Waals surface area contributed by atoms with Crippen LogP contribution < -0.4 is 0 Å². The van der Waals surface area contributed by atoms with E-state index in [1.54, 1.807) is 0 Å². The summed E-state index contributed by atoms with van der Waals surface area (Å²) in [5.41, 5.74) is 0.787. The highest BCUT2D eigenvalue weighted by Gasteiger charge is 2.39. The quantitative estimate of drug-likeness (QED) is 0.772. The van der Waals surface area contributed by atoms with E-state index in [0.29, 0.717) is 11.3 Å². The summed E-state index contributed by atoms with van der Waals surface area (Å²) in [6.45, 7) is 6.86. The molecule has 17 heavy (non-hydrogen) atoms. The summed E-state index contributed by atoms with van der Waals surface area (Å²) >= 11 is 0. The van der Waals surface area contributed by atoms with Gasteiger partial charge in [-0.1, -0.05) is 51.1 Å². The standard InChI is InChI=1S/C16H24O/c1-15(2,3)14-10-7-11-16(17,12-14)13-8-5-4-6-9-13/h4-6,8-9,14,17H,7,10-12H2,1-3H3/t14-,16-/m1/s1. The molecule has 1 aliphatic rings. The second kappa shape index (κ2) is 4.45. The molecule has 0 unspecified atom stereocenters. The van der Waals surface area contributed by atoms with Crippen molar-refractivity contribution in [3.63, 3.8) is 0 Å². The SMILES string of the molecule is CC(C)(C)[C@@H]1CCC[C@](O)(c2ccccc2)C1. The Morgan fingerprint density at radius 1 is 1.18 bits per heavy atom. The highest BCUT2D eigenvalue weighted by molar-refractivity contribution is 5.23. The molecule has 2 atom stereocenters. The van der Waals surface area contributed by atoms with Crippen LogP contribution in [0.3, 0.4) is 0 Å². The van der Waals surface area contributed by atoms with Gasteiger partial charge in [-0.15, -0.1) is 0 Å². The normalized spacial score (nSPS) is 30.2. The first kappa shape index (κ1) is 12.6. The molecular weight excluding hydrogens is 208 g/mol. The van der Waals surface area contributed by atoms with E-state index in [1.807, 2.05) is 18.2 Å². The summed E-state index contributed by atoms with van der Waals surface area (Å²) < 4.78 is 0. The van der Waals surface area contributed by atoms with Crippen molar-refractivity contribution in [3.8, 4) is 0 Å². The zero-order chi connectivity index (χ0) is 12.5. The number of benzene rings is 1. The fraction of sp³-hybridized carbons (Fsp3) is 0.625. The summed E-state index contributed by atoms with van der Waals surface area (Å²) in [4.78, 5) is 0. The molecule has 0 aromatic heterocycles. The lowest BCUT2D eigenvalue weighted by Crippen LogP contribution is -2.37. The molecule has 1 fully saturated rings. The van der Waals surface area contributed by atoms with Gasteiger partial charge in [0, 0.05) is 0 Å². The third-order valence-electron chi connectivity index (χ3n) is 4.26. The number of hydrogen-bond donors (Lipinski definition) is 1. The summed E-state index contributed by atoms with van der Waals surface area (Å²) in [7, 11) is 0. The van der Waals surface area contributed by atoms with Gasteiger partial charge in [0.15, 0.2) is 0 Å². The van der Waals surface area contributed by atoms with Crippen molar-refractivity contribution >= 4 is 0 Å². The molecule has 0 amide bonds. The molecule has 0 aliphatic heterocycles. The zero-order valence-electron chi connectivity index (χ0n) is 11.2. The van der Waals surface area contributed by atoms with Crippen LogP contribution in [0, 0.1) is 11.3 Å². The Hall–Kier alpha value is -0.820. The molecule has 1 saturated carbocycles. The molecule has 1 N–H and O–H groups in total. The molecule has 1 aromatic carbocycles. The van der Waals surface area contributed by atoms with Crippen molar-refractivity contribution in [2.45, 2.75) is 52.1 Å². The van der Waals surface area contributed by atoms with E-state index < -0.39 is 5.60 Å². The maximum absolute atomic E-state index is 10.9. The van der Waals surface area contributed by atoms with E-state index in [0.717, 1.165) is 24.8 Å². The van der Waals surface area contributed by atoms with E-state index in [9.17, 15) is 5.11 Å². The van der Waals surface area contributed by atoms with Gasteiger partial charge in [-0.25, -0.2) is 0 Å². The van der Waals surface area contributed by atoms with Gasteiger partial charge in [0.05, 0.1) is 5.60 Å². The van der Waals surface area contributed by atoms with Crippen molar-refractivity contribution in [1.82, 2.24) is 0 Å². The van der Waals surface area contributed by atoms with Crippen molar-refractivity contribution in [2.24, 2.45) is 11.3 Å². The predicted molar refractivity (Wildman–Crippen MR) is 71.8 cm³/mol.